The van der Waals surface area contributed by atoms with Gasteiger partial charge in [-0.3, -0.25) is 10.1 Å². The predicted octanol–water partition coefficient (Wildman–Crippen LogP) is 2.58. The molecule has 1 fully saturated rings. The van der Waals surface area contributed by atoms with Gasteiger partial charge in [0.25, 0.3) is 0 Å². The van der Waals surface area contributed by atoms with Crippen molar-refractivity contribution < 1.29 is 9.18 Å². The fraction of sp³-hybridized carbons (Fsp3) is 0.500. The van der Waals surface area contributed by atoms with Crippen molar-refractivity contribution in [2.24, 2.45) is 0 Å². The zero-order valence-corrected chi connectivity index (χ0v) is 9.92. The van der Waals surface area contributed by atoms with Crippen LogP contribution in [0, 0.1) is 0 Å². The fourth-order valence-corrected chi connectivity index (χ4v) is 2.61. The van der Waals surface area contributed by atoms with E-state index in [-0.39, 0.29) is 12.3 Å². The quantitative estimate of drug-likeness (QED) is 0.869. The van der Waals surface area contributed by atoms with E-state index in [4.69, 9.17) is 0 Å². The van der Waals surface area contributed by atoms with E-state index in [1.54, 1.807) is 0 Å². The van der Waals surface area contributed by atoms with Crippen molar-refractivity contribution in [3.05, 3.63) is 35.9 Å². The Balaban J connectivity index is 2.32. The van der Waals surface area contributed by atoms with Crippen molar-refractivity contribution in [1.82, 2.24) is 5.32 Å². The lowest BCUT2D eigenvalue weighted by Gasteiger charge is -2.37. The largest absolute Gasteiger partial charge is 0.299 e. The third kappa shape index (κ3) is 2.39. The summed E-state index contributed by atoms with van der Waals surface area (Å²) < 4.78 is 12.4. The van der Waals surface area contributed by atoms with E-state index in [1.807, 2.05) is 30.3 Å². The maximum atomic E-state index is 12.4. The standard InChI is InChI=1S/C14H18FNO/c15-10-11-16-14(9-5-4-8-13(14)17)12-6-2-1-3-7-12/h1-3,6-7,16H,4-5,8-11H2. The van der Waals surface area contributed by atoms with Gasteiger partial charge >= 0.3 is 0 Å². The molecule has 1 atom stereocenters. The molecule has 0 aromatic heterocycles. The molecule has 0 saturated heterocycles. The summed E-state index contributed by atoms with van der Waals surface area (Å²) in [6.45, 7) is -0.206. The van der Waals surface area contributed by atoms with Crippen LogP contribution in [0.4, 0.5) is 4.39 Å². The van der Waals surface area contributed by atoms with Crippen molar-refractivity contribution in [3.8, 4) is 0 Å². The number of halogens is 1. The van der Waals surface area contributed by atoms with E-state index >= 15 is 0 Å². The summed E-state index contributed by atoms with van der Waals surface area (Å²) >= 11 is 0. The molecule has 0 spiro atoms. The lowest BCUT2D eigenvalue weighted by Crippen LogP contribution is -2.51. The SMILES string of the molecule is O=C1CCCCC1(NCCF)c1ccccc1. The molecule has 0 amide bonds. The number of rotatable bonds is 4. The molecule has 1 saturated carbocycles. The molecule has 1 unspecified atom stereocenters. The normalized spacial score (nSPS) is 24.9. The Hall–Kier alpha value is -1.22. The van der Waals surface area contributed by atoms with Crippen LogP contribution in [-0.2, 0) is 10.3 Å². The molecular formula is C14H18FNO. The molecule has 1 aromatic rings. The summed E-state index contributed by atoms with van der Waals surface area (Å²) in [5.41, 5.74) is 0.323. The molecule has 2 nitrogen and oxygen atoms in total. The van der Waals surface area contributed by atoms with Gasteiger partial charge in [-0.25, -0.2) is 4.39 Å². The zero-order chi connectivity index (χ0) is 12.1. The van der Waals surface area contributed by atoms with E-state index < -0.39 is 12.2 Å². The molecule has 0 aliphatic heterocycles. The van der Waals surface area contributed by atoms with Crippen molar-refractivity contribution in [1.29, 1.82) is 0 Å². The first-order valence-electron chi connectivity index (χ1n) is 6.19. The molecule has 0 bridgehead atoms. The van der Waals surface area contributed by atoms with Crippen LogP contribution < -0.4 is 5.32 Å². The van der Waals surface area contributed by atoms with E-state index in [2.05, 4.69) is 5.32 Å². The van der Waals surface area contributed by atoms with Crippen LogP contribution >= 0.6 is 0 Å². The van der Waals surface area contributed by atoms with Crippen LogP contribution in [0.1, 0.15) is 31.2 Å². The highest BCUT2D eigenvalue weighted by Crippen LogP contribution is 2.34. The highest BCUT2D eigenvalue weighted by atomic mass is 19.1. The number of ketones is 1. The van der Waals surface area contributed by atoms with Crippen LogP contribution in [-0.4, -0.2) is 19.0 Å². The average molecular weight is 235 g/mol. The minimum absolute atomic E-state index is 0.198. The smallest absolute Gasteiger partial charge is 0.157 e. The topological polar surface area (TPSA) is 29.1 Å². The van der Waals surface area contributed by atoms with E-state index in [9.17, 15) is 9.18 Å². The van der Waals surface area contributed by atoms with Gasteiger partial charge in [0, 0.05) is 13.0 Å². The maximum absolute atomic E-state index is 12.4. The Morgan fingerprint density at radius 3 is 2.65 bits per heavy atom. The van der Waals surface area contributed by atoms with Crippen molar-refractivity contribution in [2.45, 2.75) is 31.2 Å². The van der Waals surface area contributed by atoms with Crippen LogP contribution in [0.5, 0.6) is 0 Å². The van der Waals surface area contributed by atoms with Crippen LogP contribution in [0.15, 0.2) is 30.3 Å². The average Bonchev–Trinajstić information content (AvgIpc) is 2.39. The molecule has 2 rings (SSSR count). The van der Waals surface area contributed by atoms with Gasteiger partial charge in [0.1, 0.15) is 12.2 Å². The number of alkyl halides is 1. The number of Topliss-reactive ketones (excluding diaryl/α,β-unsaturated/α-hetero) is 1. The number of hydrogen-bond donors (Lipinski definition) is 1. The third-order valence-electron chi connectivity index (χ3n) is 3.47. The molecule has 1 aromatic carbocycles. The van der Waals surface area contributed by atoms with Crippen LogP contribution in [0.3, 0.4) is 0 Å². The third-order valence-corrected chi connectivity index (χ3v) is 3.47. The Bertz CT molecular complexity index is 379. The molecule has 1 aliphatic carbocycles. The van der Waals surface area contributed by atoms with Gasteiger partial charge in [-0.1, -0.05) is 36.8 Å². The highest BCUT2D eigenvalue weighted by molar-refractivity contribution is 5.90. The Morgan fingerprint density at radius 2 is 2.00 bits per heavy atom. The molecule has 0 radical (unpaired) electrons. The fourth-order valence-electron chi connectivity index (χ4n) is 2.61. The van der Waals surface area contributed by atoms with Gasteiger partial charge in [0.05, 0.1) is 0 Å². The molecule has 0 heterocycles. The molecule has 3 heteroatoms. The summed E-state index contributed by atoms with van der Waals surface area (Å²) in [4.78, 5) is 12.2. The van der Waals surface area contributed by atoms with Gasteiger partial charge in [-0.15, -0.1) is 0 Å². The maximum Gasteiger partial charge on any atom is 0.157 e. The van der Waals surface area contributed by atoms with Crippen molar-refractivity contribution >= 4 is 5.78 Å². The second-order valence-corrected chi connectivity index (χ2v) is 4.52. The van der Waals surface area contributed by atoms with Gasteiger partial charge in [0.2, 0.25) is 0 Å². The van der Waals surface area contributed by atoms with Gasteiger partial charge < -0.3 is 0 Å². The van der Waals surface area contributed by atoms with Gasteiger partial charge in [-0.05, 0) is 18.4 Å². The number of benzene rings is 1. The van der Waals surface area contributed by atoms with E-state index in [0.29, 0.717) is 6.42 Å². The summed E-state index contributed by atoms with van der Waals surface area (Å²) in [6, 6.07) is 9.69. The molecular weight excluding hydrogens is 217 g/mol. The monoisotopic (exact) mass is 235 g/mol. The minimum Gasteiger partial charge on any atom is -0.299 e. The van der Waals surface area contributed by atoms with Crippen LogP contribution in [0.2, 0.25) is 0 Å². The van der Waals surface area contributed by atoms with Crippen molar-refractivity contribution in [2.75, 3.05) is 13.2 Å². The molecule has 1 aliphatic rings. The van der Waals surface area contributed by atoms with E-state index in [1.165, 1.54) is 0 Å². The van der Waals surface area contributed by atoms with Crippen LogP contribution in [0.25, 0.3) is 0 Å². The molecule has 17 heavy (non-hydrogen) atoms. The lowest BCUT2D eigenvalue weighted by atomic mass is 9.75. The number of hydrogen-bond acceptors (Lipinski definition) is 2. The summed E-state index contributed by atoms with van der Waals surface area (Å²) in [7, 11) is 0. The van der Waals surface area contributed by atoms with Gasteiger partial charge in [-0.2, -0.15) is 0 Å². The summed E-state index contributed by atoms with van der Waals surface area (Å²) in [5, 5.41) is 3.13. The Labute approximate surface area is 101 Å². The predicted molar refractivity (Wildman–Crippen MR) is 65.6 cm³/mol. The zero-order valence-electron chi connectivity index (χ0n) is 9.92. The molecule has 1 N–H and O–H groups in total. The molecule has 92 valence electrons. The summed E-state index contributed by atoms with van der Waals surface area (Å²) in [5.74, 6) is 0.198. The van der Waals surface area contributed by atoms with E-state index in [0.717, 1.165) is 24.8 Å². The number of nitrogens with one attached hydrogen (secondary N) is 1. The first-order valence-corrected chi connectivity index (χ1v) is 6.19. The summed E-state index contributed by atoms with van der Waals surface area (Å²) in [6.07, 6.45) is 3.33. The van der Waals surface area contributed by atoms with Gasteiger partial charge in [0.15, 0.2) is 5.78 Å². The second kappa shape index (κ2) is 5.41. The highest BCUT2D eigenvalue weighted by Gasteiger charge is 2.40. The Morgan fingerprint density at radius 1 is 1.24 bits per heavy atom. The first kappa shape index (κ1) is 12.2. The minimum atomic E-state index is -0.647. The van der Waals surface area contributed by atoms with Crippen molar-refractivity contribution in [3.63, 3.8) is 0 Å². The first-order chi connectivity index (χ1) is 8.29. The Kier molecular flexibility index (Phi) is 3.89. The number of carbonyl (C=O) groups excluding carboxylic acids is 1. The number of carbonyl (C=O) groups is 1. The lowest BCUT2D eigenvalue weighted by molar-refractivity contribution is -0.128. The second-order valence-electron chi connectivity index (χ2n) is 4.52.